The van der Waals surface area contributed by atoms with E-state index in [0.29, 0.717) is 11.6 Å². The van der Waals surface area contributed by atoms with E-state index < -0.39 is 0 Å². The summed E-state index contributed by atoms with van der Waals surface area (Å²) in [6.07, 6.45) is 1.18. The topological polar surface area (TPSA) is 12.0 Å². The first kappa shape index (κ1) is 9.84. The van der Waals surface area contributed by atoms with E-state index in [4.69, 9.17) is 0 Å². The van der Waals surface area contributed by atoms with Gasteiger partial charge in [-0.1, -0.05) is 6.07 Å². The van der Waals surface area contributed by atoms with Gasteiger partial charge < -0.3 is 5.32 Å². The highest BCUT2D eigenvalue weighted by molar-refractivity contribution is 7.99. The van der Waals surface area contributed by atoms with Crippen molar-refractivity contribution in [2.75, 3.05) is 16.8 Å². The molecule has 1 aromatic carbocycles. The predicted octanol–water partition coefficient (Wildman–Crippen LogP) is 3.05. The van der Waals surface area contributed by atoms with Gasteiger partial charge in [0.25, 0.3) is 0 Å². The lowest BCUT2D eigenvalue weighted by Crippen LogP contribution is -2.18. The number of anilines is 1. The summed E-state index contributed by atoms with van der Waals surface area (Å²) in [4.78, 5) is 0. The van der Waals surface area contributed by atoms with Crippen molar-refractivity contribution in [3.63, 3.8) is 0 Å². The molecule has 0 unspecified atom stereocenters. The van der Waals surface area contributed by atoms with Gasteiger partial charge in [0.1, 0.15) is 5.82 Å². The predicted molar refractivity (Wildman–Crippen MR) is 60.5 cm³/mol. The molecular weight excluding hydrogens is 197 g/mol. The fourth-order valence-electron chi connectivity index (χ4n) is 1.57. The molecule has 1 heterocycles. The minimum atomic E-state index is -0.124. The molecule has 1 fully saturated rings. The number of benzene rings is 1. The van der Waals surface area contributed by atoms with Crippen molar-refractivity contribution in [2.24, 2.45) is 0 Å². The molecule has 1 atom stereocenters. The number of rotatable bonds is 2. The number of halogens is 1. The molecule has 1 N–H and O–H groups in total. The molecule has 2 rings (SSSR count). The number of hydrogen-bond acceptors (Lipinski definition) is 2. The molecule has 0 aliphatic carbocycles. The van der Waals surface area contributed by atoms with Crippen LogP contribution in [-0.4, -0.2) is 17.5 Å². The van der Waals surface area contributed by atoms with Gasteiger partial charge in [0.05, 0.1) is 0 Å². The van der Waals surface area contributed by atoms with Crippen molar-refractivity contribution in [3.8, 4) is 0 Å². The van der Waals surface area contributed by atoms with Crippen LogP contribution in [0.4, 0.5) is 10.1 Å². The highest BCUT2D eigenvalue weighted by Gasteiger charge is 2.14. The van der Waals surface area contributed by atoms with Crippen molar-refractivity contribution >= 4 is 17.4 Å². The average molecular weight is 211 g/mol. The third kappa shape index (κ3) is 2.21. The Morgan fingerprint density at radius 2 is 2.36 bits per heavy atom. The Balaban J connectivity index is 2.05. The summed E-state index contributed by atoms with van der Waals surface area (Å²) in [5, 5.41) is 3.35. The monoisotopic (exact) mass is 211 g/mol. The molecule has 0 spiro atoms. The summed E-state index contributed by atoms with van der Waals surface area (Å²) >= 11 is 1.95. The molecule has 1 nitrogen and oxygen atoms in total. The second-order valence-electron chi connectivity index (χ2n) is 3.67. The lowest BCUT2D eigenvalue weighted by Gasteiger charge is -2.13. The summed E-state index contributed by atoms with van der Waals surface area (Å²) in [7, 11) is 0. The van der Waals surface area contributed by atoms with Crippen LogP contribution >= 0.6 is 11.8 Å². The molecule has 1 aliphatic heterocycles. The summed E-state index contributed by atoms with van der Waals surface area (Å²) in [5.74, 6) is 2.22. The first-order valence-electron chi connectivity index (χ1n) is 4.86. The van der Waals surface area contributed by atoms with Crippen molar-refractivity contribution in [2.45, 2.75) is 19.4 Å². The molecule has 0 saturated carbocycles. The minimum Gasteiger partial charge on any atom is -0.381 e. The minimum absolute atomic E-state index is 0.124. The fourth-order valence-corrected chi connectivity index (χ4v) is 2.72. The number of hydrogen-bond donors (Lipinski definition) is 1. The van der Waals surface area contributed by atoms with Crippen molar-refractivity contribution in [3.05, 3.63) is 29.6 Å². The lowest BCUT2D eigenvalue weighted by atomic mass is 10.2. The molecule has 1 aliphatic rings. The van der Waals surface area contributed by atoms with Gasteiger partial charge in [-0.15, -0.1) is 0 Å². The largest absolute Gasteiger partial charge is 0.381 e. The molecule has 1 saturated heterocycles. The van der Waals surface area contributed by atoms with Gasteiger partial charge in [0.2, 0.25) is 0 Å². The van der Waals surface area contributed by atoms with Crippen LogP contribution in [0.15, 0.2) is 18.2 Å². The molecular formula is C11H14FNS. The third-order valence-corrected chi connectivity index (χ3v) is 3.63. The van der Waals surface area contributed by atoms with Gasteiger partial charge in [-0.2, -0.15) is 11.8 Å². The normalized spacial score (nSPS) is 21.1. The van der Waals surface area contributed by atoms with Crippen LogP contribution in [0.2, 0.25) is 0 Å². The fraction of sp³-hybridized carbons (Fsp3) is 0.455. The highest BCUT2D eigenvalue weighted by Crippen LogP contribution is 2.22. The molecule has 0 amide bonds. The van der Waals surface area contributed by atoms with Crippen LogP contribution in [0.5, 0.6) is 0 Å². The van der Waals surface area contributed by atoms with Gasteiger partial charge in [-0.05, 0) is 36.8 Å². The molecule has 14 heavy (non-hydrogen) atoms. The Bertz CT molecular complexity index is 321. The van der Waals surface area contributed by atoms with Gasteiger partial charge >= 0.3 is 0 Å². The molecule has 1 aromatic rings. The zero-order valence-electron chi connectivity index (χ0n) is 8.22. The summed E-state index contributed by atoms with van der Waals surface area (Å²) in [6.45, 7) is 1.78. The summed E-state index contributed by atoms with van der Waals surface area (Å²) in [5.41, 5.74) is 1.61. The van der Waals surface area contributed by atoms with E-state index in [0.717, 1.165) is 11.4 Å². The first-order valence-corrected chi connectivity index (χ1v) is 6.01. The van der Waals surface area contributed by atoms with E-state index in [1.165, 1.54) is 12.2 Å². The van der Waals surface area contributed by atoms with Crippen LogP contribution in [0.25, 0.3) is 0 Å². The Labute approximate surface area is 88.1 Å². The summed E-state index contributed by atoms with van der Waals surface area (Å²) < 4.78 is 13.2. The maximum Gasteiger partial charge on any atom is 0.128 e. The van der Waals surface area contributed by atoms with Crippen LogP contribution in [0.1, 0.15) is 12.0 Å². The maximum atomic E-state index is 13.2. The smallest absolute Gasteiger partial charge is 0.128 e. The Kier molecular flexibility index (Phi) is 2.96. The Morgan fingerprint density at radius 3 is 3.00 bits per heavy atom. The van der Waals surface area contributed by atoms with E-state index in [9.17, 15) is 4.39 Å². The summed E-state index contributed by atoms with van der Waals surface area (Å²) in [6, 6.07) is 5.86. The maximum absolute atomic E-state index is 13.2. The van der Waals surface area contributed by atoms with Gasteiger partial charge in [-0.3, -0.25) is 0 Å². The molecule has 0 radical (unpaired) electrons. The van der Waals surface area contributed by atoms with Crippen LogP contribution < -0.4 is 5.32 Å². The average Bonchev–Trinajstić information content (AvgIpc) is 2.64. The van der Waals surface area contributed by atoms with Crippen LogP contribution in [0, 0.1) is 12.7 Å². The number of nitrogens with one attached hydrogen (secondary N) is 1. The highest BCUT2D eigenvalue weighted by atomic mass is 32.2. The van der Waals surface area contributed by atoms with Gasteiger partial charge in [0, 0.05) is 17.5 Å². The molecule has 0 aromatic heterocycles. The molecule has 0 bridgehead atoms. The SMILES string of the molecule is Cc1ccc(N[C@@H]2CCSC2)cc1F. The standard InChI is InChI=1S/C11H14FNS/c1-8-2-3-9(6-11(8)12)13-10-4-5-14-7-10/h2-3,6,10,13H,4-5,7H2,1H3/t10-/m1/s1. The third-order valence-electron chi connectivity index (χ3n) is 2.47. The van der Waals surface area contributed by atoms with Crippen LogP contribution in [0.3, 0.4) is 0 Å². The zero-order valence-corrected chi connectivity index (χ0v) is 9.03. The quantitative estimate of drug-likeness (QED) is 0.807. The first-order chi connectivity index (χ1) is 6.75. The van der Waals surface area contributed by atoms with Gasteiger partial charge in [0.15, 0.2) is 0 Å². The van der Waals surface area contributed by atoms with Crippen molar-refractivity contribution in [1.29, 1.82) is 0 Å². The Morgan fingerprint density at radius 1 is 1.50 bits per heavy atom. The second kappa shape index (κ2) is 4.22. The van der Waals surface area contributed by atoms with E-state index in [1.807, 2.05) is 23.9 Å². The van der Waals surface area contributed by atoms with E-state index in [1.54, 1.807) is 13.0 Å². The zero-order chi connectivity index (χ0) is 9.97. The number of thioether (sulfide) groups is 1. The van der Waals surface area contributed by atoms with Crippen LogP contribution in [-0.2, 0) is 0 Å². The van der Waals surface area contributed by atoms with Crippen molar-refractivity contribution in [1.82, 2.24) is 0 Å². The van der Waals surface area contributed by atoms with E-state index in [-0.39, 0.29) is 5.82 Å². The second-order valence-corrected chi connectivity index (χ2v) is 4.82. The van der Waals surface area contributed by atoms with E-state index in [2.05, 4.69) is 5.32 Å². The van der Waals surface area contributed by atoms with E-state index >= 15 is 0 Å². The molecule has 76 valence electrons. The Hall–Kier alpha value is -0.700. The van der Waals surface area contributed by atoms with Crippen molar-refractivity contribution < 1.29 is 4.39 Å². The number of aryl methyl sites for hydroxylation is 1. The van der Waals surface area contributed by atoms with Gasteiger partial charge in [-0.25, -0.2) is 4.39 Å². The molecule has 3 heteroatoms. The lowest BCUT2D eigenvalue weighted by molar-refractivity contribution is 0.618.